The van der Waals surface area contributed by atoms with Gasteiger partial charge in [-0.05, 0) is 30.3 Å². The smallest absolute Gasteiger partial charge is 0.338 e. The lowest BCUT2D eigenvalue weighted by atomic mass is 10.2. The lowest BCUT2D eigenvalue weighted by Gasteiger charge is -2.13. The Kier molecular flexibility index (Phi) is 14.7. The average Bonchev–Trinajstić information content (AvgIpc) is 3.45. The van der Waals surface area contributed by atoms with Crippen LogP contribution in [0.5, 0.6) is 0 Å². The molecule has 12 nitrogen and oxygen atoms in total. The summed E-state index contributed by atoms with van der Waals surface area (Å²) in [6.45, 7) is 4.01. The Morgan fingerprint density at radius 1 is 0.795 bits per heavy atom. The van der Waals surface area contributed by atoms with Gasteiger partial charge in [-0.15, -0.1) is 0 Å². The first-order valence-corrected chi connectivity index (χ1v) is 12.5. The fraction of sp³-hybridized carbons (Fsp3) is 0.500. The van der Waals surface area contributed by atoms with E-state index < -0.39 is 12.3 Å². The predicted octanol–water partition coefficient (Wildman–Crippen LogP) is 2.37. The number of aliphatic hydroxyl groups is 1. The SMILES string of the molecule is O=C(OCCOCCOCCOCCOCCOCCO)c1cccc(N2OOC(c3ccc(F)cc3)O2)c1. The highest BCUT2D eigenvalue weighted by Crippen LogP contribution is 2.31. The molecule has 1 aliphatic rings. The van der Waals surface area contributed by atoms with E-state index in [1.165, 1.54) is 30.3 Å². The van der Waals surface area contributed by atoms with Gasteiger partial charge in [-0.25, -0.2) is 14.0 Å². The van der Waals surface area contributed by atoms with Crippen molar-refractivity contribution in [1.29, 1.82) is 0 Å². The molecule has 3 rings (SSSR count). The fourth-order valence-electron chi connectivity index (χ4n) is 3.11. The number of aliphatic hydroxyl groups excluding tert-OH is 1. The van der Waals surface area contributed by atoms with Gasteiger partial charge in [0.2, 0.25) is 6.29 Å². The zero-order chi connectivity index (χ0) is 27.5. The Morgan fingerprint density at radius 3 is 1.95 bits per heavy atom. The van der Waals surface area contributed by atoms with E-state index in [0.29, 0.717) is 70.7 Å². The van der Waals surface area contributed by atoms with E-state index >= 15 is 0 Å². The molecule has 0 aliphatic carbocycles. The van der Waals surface area contributed by atoms with Crippen LogP contribution in [0.25, 0.3) is 0 Å². The van der Waals surface area contributed by atoms with Crippen LogP contribution in [-0.4, -0.2) is 90.4 Å². The third kappa shape index (κ3) is 11.9. The molecule has 0 amide bonds. The van der Waals surface area contributed by atoms with Crippen molar-refractivity contribution in [2.24, 2.45) is 0 Å². The first-order valence-electron chi connectivity index (χ1n) is 12.5. The molecule has 2 aromatic carbocycles. The number of carbonyl (C=O) groups is 1. The summed E-state index contributed by atoms with van der Waals surface area (Å²) in [4.78, 5) is 28.2. The lowest BCUT2D eigenvalue weighted by molar-refractivity contribution is -0.286. The van der Waals surface area contributed by atoms with Crippen LogP contribution in [0, 0.1) is 5.82 Å². The Morgan fingerprint density at radius 2 is 1.36 bits per heavy atom. The number of esters is 1. The predicted molar refractivity (Wildman–Crippen MR) is 133 cm³/mol. The van der Waals surface area contributed by atoms with Crippen molar-refractivity contribution in [3.63, 3.8) is 0 Å². The van der Waals surface area contributed by atoms with E-state index in [9.17, 15) is 9.18 Å². The quantitative estimate of drug-likeness (QED) is 0.147. The van der Waals surface area contributed by atoms with Crippen LogP contribution in [0.4, 0.5) is 10.1 Å². The topological polar surface area (TPSA) is 124 Å². The van der Waals surface area contributed by atoms with Gasteiger partial charge in [-0.3, -0.25) is 0 Å². The molecule has 0 spiro atoms. The maximum Gasteiger partial charge on any atom is 0.338 e. The molecule has 0 bridgehead atoms. The highest BCUT2D eigenvalue weighted by Gasteiger charge is 2.29. The summed E-state index contributed by atoms with van der Waals surface area (Å²) in [5, 5.41) is 9.59. The number of benzene rings is 2. The van der Waals surface area contributed by atoms with E-state index in [-0.39, 0.29) is 31.2 Å². The summed E-state index contributed by atoms with van der Waals surface area (Å²) < 4.78 is 44.9. The van der Waals surface area contributed by atoms with Gasteiger partial charge in [0.15, 0.2) is 0 Å². The van der Waals surface area contributed by atoms with Gasteiger partial charge in [-0.1, -0.05) is 28.4 Å². The van der Waals surface area contributed by atoms with Gasteiger partial charge in [-0.2, -0.15) is 4.89 Å². The Bertz CT molecular complexity index is 950. The molecule has 0 radical (unpaired) electrons. The maximum absolute atomic E-state index is 13.1. The molecular formula is C26H34FNO11. The Balaban J connectivity index is 1.19. The number of hydrogen-bond acceptors (Lipinski definition) is 12. The fourth-order valence-corrected chi connectivity index (χ4v) is 3.11. The molecule has 39 heavy (non-hydrogen) atoms. The van der Waals surface area contributed by atoms with Crippen LogP contribution in [-0.2, 0) is 43.1 Å². The van der Waals surface area contributed by atoms with Crippen LogP contribution in [0.1, 0.15) is 22.2 Å². The molecule has 1 unspecified atom stereocenters. The number of halogens is 1. The Hall–Kier alpha value is -2.72. The summed E-state index contributed by atoms with van der Waals surface area (Å²) in [5.74, 6) is -0.914. The van der Waals surface area contributed by atoms with Crippen LogP contribution in [0.2, 0.25) is 0 Å². The molecule has 1 atom stereocenters. The van der Waals surface area contributed by atoms with E-state index in [1.54, 1.807) is 18.2 Å². The molecule has 1 heterocycles. The molecule has 1 fully saturated rings. The summed E-state index contributed by atoms with van der Waals surface area (Å²) >= 11 is 0. The summed E-state index contributed by atoms with van der Waals surface area (Å²) in [6, 6.07) is 12.0. The molecule has 1 saturated heterocycles. The Labute approximate surface area is 225 Å². The number of anilines is 1. The second-order valence-electron chi connectivity index (χ2n) is 7.89. The van der Waals surface area contributed by atoms with Crippen LogP contribution >= 0.6 is 0 Å². The summed E-state index contributed by atoms with van der Waals surface area (Å²) in [6.07, 6.45) is -0.885. The van der Waals surface area contributed by atoms with Crippen molar-refractivity contribution < 1.29 is 57.4 Å². The van der Waals surface area contributed by atoms with Crippen LogP contribution in [0.3, 0.4) is 0 Å². The standard InChI is InChI=1S/C26H34FNO11/c27-23-6-4-21(5-7-23)26-37-28(39-38-26)24-3-1-2-22(20-24)25(30)36-19-18-35-17-16-34-15-14-33-13-12-32-11-10-31-9-8-29/h1-7,20,26,29H,8-19H2. The van der Waals surface area contributed by atoms with Gasteiger partial charge >= 0.3 is 5.97 Å². The minimum absolute atomic E-state index is 0.00322. The third-order valence-corrected chi connectivity index (χ3v) is 5.01. The van der Waals surface area contributed by atoms with Gasteiger partial charge in [0.25, 0.3) is 0 Å². The molecule has 13 heteroatoms. The molecular weight excluding hydrogens is 521 g/mol. The van der Waals surface area contributed by atoms with Gasteiger partial charge in [0.05, 0.1) is 83.9 Å². The maximum atomic E-state index is 13.1. The minimum Gasteiger partial charge on any atom is -0.460 e. The molecule has 0 aromatic heterocycles. The number of nitrogens with zero attached hydrogens (tertiary/aromatic N) is 1. The monoisotopic (exact) mass is 555 g/mol. The second kappa shape index (κ2) is 18.5. The molecule has 1 aliphatic heterocycles. The number of ether oxygens (including phenoxy) is 6. The zero-order valence-electron chi connectivity index (χ0n) is 21.5. The minimum atomic E-state index is -0.885. The van der Waals surface area contributed by atoms with Gasteiger partial charge in [0.1, 0.15) is 12.4 Å². The zero-order valence-corrected chi connectivity index (χ0v) is 21.5. The van der Waals surface area contributed by atoms with E-state index in [0.717, 1.165) is 5.23 Å². The molecule has 1 N–H and O–H groups in total. The molecule has 0 saturated carbocycles. The van der Waals surface area contributed by atoms with Crippen LogP contribution < -0.4 is 5.23 Å². The first-order chi connectivity index (χ1) is 19.2. The molecule has 216 valence electrons. The third-order valence-electron chi connectivity index (χ3n) is 5.01. The van der Waals surface area contributed by atoms with Crippen molar-refractivity contribution in [3.05, 3.63) is 65.5 Å². The first kappa shape index (κ1) is 30.8. The molecule has 2 aromatic rings. The number of carbonyl (C=O) groups excluding carboxylic acids is 1. The van der Waals surface area contributed by atoms with E-state index in [1.807, 2.05) is 0 Å². The van der Waals surface area contributed by atoms with Crippen molar-refractivity contribution >= 4 is 11.7 Å². The summed E-state index contributed by atoms with van der Waals surface area (Å²) in [7, 11) is 0. The van der Waals surface area contributed by atoms with Crippen LogP contribution in [0.15, 0.2) is 48.5 Å². The van der Waals surface area contributed by atoms with Crippen molar-refractivity contribution in [1.82, 2.24) is 0 Å². The summed E-state index contributed by atoms with van der Waals surface area (Å²) in [5.41, 5.74) is 1.25. The largest absolute Gasteiger partial charge is 0.460 e. The lowest BCUT2D eigenvalue weighted by Crippen LogP contribution is -2.17. The van der Waals surface area contributed by atoms with Gasteiger partial charge in [0, 0.05) is 5.56 Å². The van der Waals surface area contributed by atoms with E-state index in [2.05, 4.69) is 0 Å². The average molecular weight is 556 g/mol. The highest BCUT2D eigenvalue weighted by atomic mass is 19.1. The van der Waals surface area contributed by atoms with E-state index in [4.69, 9.17) is 48.2 Å². The van der Waals surface area contributed by atoms with Crippen molar-refractivity contribution in [3.8, 4) is 0 Å². The van der Waals surface area contributed by atoms with Crippen molar-refractivity contribution in [2.75, 3.05) is 84.5 Å². The highest BCUT2D eigenvalue weighted by molar-refractivity contribution is 5.90. The number of rotatable bonds is 20. The van der Waals surface area contributed by atoms with Gasteiger partial charge < -0.3 is 33.5 Å². The second-order valence-corrected chi connectivity index (χ2v) is 7.89. The normalized spacial score (nSPS) is 15.1. The van der Waals surface area contributed by atoms with Crippen molar-refractivity contribution in [2.45, 2.75) is 6.29 Å². The number of hydrogen-bond donors (Lipinski definition) is 1.